The molecule has 4 rings (SSSR count). The Morgan fingerprint density at radius 1 is 0.654 bits per heavy atom. The third-order valence-electron chi connectivity index (χ3n) is 3.68. The van der Waals surface area contributed by atoms with E-state index in [0.29, 0.717) is 11.0 Å². The van der Waals surface area contributed by atoms with Crippen LogP contribution in [0, 0.1) is 13.8 Å². The minimum absolute atomic E-state index is 0.246. The number of rotatable bonds is 0. The van der Waals surface area contributed by atoms with Gasteiger partial charge in [-0.15, -0.1) is 0 Å². The van der Waals surface area contributed by atoms with Crippen LogP contribution in [0.4, 0.5) is 0 Å². The normalized spacial score (nSPS) is 9.81. The van der Waals surface area contributed by atoms with Crippen molar-refractivity contribution in [3.05, 3.63) is 72.1 Å². The number of phenols is 2. The molecule has 0 spiro atoms. The molecule has 0 unspecified atom stereocenters. The number of fused-ring (bicyclic) bond motifs is 2. The number of hydrogen-bond acceptors (Lipinski definition) is 4. The molecule has 6 heteroatoms. The standard InChI is InChI=1S/2C10H9NO.ClH.In/c2*1-7-5-6-8-3-2-4-9(12)10(8)11-7;;/h2*2-6,12H,1H3;1H;/q;;;+1/p-1. The van der Waals surface area contributed by atoms with Crippen LogP contribution in [0.15, 0.2) is 60.7 Å². The molecule has 0 amide bonds. The Bertz CT molecular complexity index is 942. The number of pyridine rings is 2. The van der Waals surface area contributed by atoms with Crippen molar-refractivity contribution in [3.63, 3.8) is 0 Å². The third-order valence-corrected chi connectivity index (χ3v) is 3.68. The Morgan fingerprint density at radius 3 is 1.42 bits per heavy atom. The van der Waals surface area contributed by atoms with Gasteiger partial charge in [-0.2, -0.15) is 0 Å². The van der Waals surface area contributed by atoms with E-state index < -0.39 is 0 Å². The quantitative estimate of drug-likeness (QED) is 0.389. The fourth-order valence-corrected chi connectivity index (χ4v) is 2.46. The van der Waals surface area contributed by atoms with E-state index in [0.717, 1.165) is 45.4 Å². The van der Waals surface area contributed by atoms with E-state index in [2.05, 4.69) is 9.97 Å². The summed E-state index contributed by atoms with van der Waals surface area (Å²) in [5.41, 5.74) is 3.20. The van der Waals surface area contributed by atoms with Crippen molar-refractivity contribution in [3.8, 4) is 11.5 Å². The van der Waals surface area contributed by atoms with Crippen LogP contribution >= 0.6 is 8.58 Å². The first-order chi connectivity index (χ1) is 12.5. The number of hydrogen-bond donors (Lipinski definition) is 2. The second-order valence-corrected chi connectivity index (χ2v) is 5.60. The Kier molecular flexibility index (Phi) is 7.54. The van der Waals surface area contributed by atoms with E-state index >= 15 is 0 Å². The van der Waals surface area contributed by atoms with Crippen molar-refractivity contribution in [2.24, 2.45) is 0 Å². The summed E-state index contributed by atoms with van der Waals surface area (Å²) in [6.45, 7) is 3.82. The molecule has 130 valence electrons. The van der Waals surface area contributed by atoms with Gasteiger partial charge >= 0.3 is 31.8 Å². The molecule has 4 aromatic rings. The van der Waals surface area contributed by atoms with Crippen LogP contribution in [-0.2, 0) is 0 Å². The van der Waals surface area contributed by atoms with Crippen LogP contribution in [0.2, 0.25) is 0 Å². The van der Waals surface area contributed by atoms with Gasteiger partial charge in [-0.3, -0.25) is 0 Å². The summed E-state index contributed by atoms with van der Waals surface area (Å²) in [6.07, 6.45) is 0. The average Bonchev–Trinajstić information content (AvgIpc) is 2.65. The molecule has 0 saturated carbocycles. The molecule has 2 radical (unpaired) electrons. The minimum atomic E-state index is 0.246. The second kappa shape index (κ2) is 9.64. The first kappa shape index (κ1) is 20.3. The number of aryl methyl sites for hydroxylation is 2. The zero-order valence-electron chi connectivity index (χ0n) is 14.5. The van der Waals surface area contributed by atoms with Crippen molar-refractivity contribution in [2.45, 2.75) is 13.8 Å². The van der Waals surface area contributed by atoms with Crippen LogP contribution in [0.25, 0.3) is 21.8 Å². The molecular weight excluding hydrogens is 451 g/mol. The molecule has 0 atom stereocenters. The van der Waals surface area contributed by atoms with Crippen molar-refractivity contribution in [1.82, 2.24) is 9.97 Å². The fraction of sp³-hybridized carbons (Fsp3) is 0.100. The monoisotopic (exact) mass is 468 g/mol. The van der Waals surface area contributed by atoms with Crippen molar-refractivity contribution in [1.29, 1.82) is 0 Å². The Morgan fingerprint density at radius 2 is 1.04 bits per heavy atom. The van der Waals surface area contributed by atoms with Gasteiger partial charge in [0.15, 0.2) is 0 Å². The first-order valence-corrected chi connectivity index (χ1v) is 12.0. The number of halogens is 1. The summed E-state index contributed by atoms with van der Waals surface area (Å²) >= 11 is 0.822. The number of aromatic nitrogens is 2. The fourth-order valence-electron chi connectivity index (χ4n) is 2.46. The van der Waals surface area contributed by atoms with Crippen molar-refractivity contribution in [2.75, 3.05) is 0 Å². The van der Waals surface area contributed by atoms with Crippen molar-refractivity contribution >= 4 is 53.6 Å². The number of nitrogens with zero attached hydrogens (tertiary/aromatic N) is 2. The molecule has 0 aliphatic carbocycles. The Hall–Kier alpha value is -1.98. The number of benzene rings is 2. The molecule has 26 heavy (non-hydrogen) atoms. The molecule has 0 fully saturated rings. The van der Waals surface area contributed by atoms with E-state index in [1.165, 1.54) is 0 Å². The molecule has 2 N–H and O–H groups in total. The van der Waals surface area contributed by atoms with E-state index in [1.807, 2.05) is 62.4 Å². The van der Waals surface area contributed by atoms with Gasteiger partial charge in [-0.05, 0) is 38.1 Å². The number of phenolic OH excluding ortho intramolecular Hbond substituents is 2. The predicted octanol–water partition coefficient (Wildman–Crippen LogP) is 4.81. The van der Waals surface area contributed by atoms with Gasteiger partial charge in [-0.25, -0.2) is 9.97 Å². The van der Waals surface area contributed by atoms with Crippen molar-refractivity contribution < 1.29 is 10.2 Å². The van der Waals surface area contributed by atoms with Gasteiger partial charge < -0.3 is 10.2 Å². The van der Waals surface area contributed by atoms with Gasteiger partial charge in [0.05, 0.1) is 0 Å². The maximum atomic E-state index is 9.43. The maximum absolute atomic E-state index is 9.43. The molecule has 0 aliphatic heterocycles. The predicted molar refractivity (Wildman–Crippen MR) is 108 cm³/mol. The molecule has 0 saturated heterocycles. The summed E-state index contributed by atoms with van der Waals surface area (Å²) in [6, 6.07) is 18.6. The topological polar surface area (TPSA) is 66.2 Å². The van der Waals surface area contributed by atoms with Crippen LogP contribution < -0.4 is 0 Å². The molecule has 4 nitrogen and oxygen atoms in total. The van der Waals surface area contributed by atoms with Gasteiger partial charge in [-0.1, -0.05) is 36.4 Å². The van der Waals surface area contributed by atoms with Crippen LogP contribution in [0.5, 0.6) is 11.5 Å². The summed E-state index contributed by atoms with van der Waals surface area (Å²) in [5.74, 6) is 0.493. The molecular formula is C20H18ClInN2O2. The number of aromatic hydroxyl groups is 2. The van der Waals surface area contributed by atoms with Gasteiger partial charge in [0, 0.05) is 22.2 Å². The molecule has 2 aromatic carbocycles. The Balaban J connectivity index is 0.000000171. The second-order valence-electron chi connectivity index (χ2n) is 5.60. The summed E-state index contributed by atoms with van der Waals surface area (Å²) in [7, 11) is 4.77. The van der Waals surface area contributed by atoms with Gasteiger partial charge in [0.2, 0.25) is 0 Å². The van der Waals surface area contributed by atoms with Gasteiger partial charge in [0.1, 0.15) is 22.5 Å². The van der Waals surface area contributed by atoms with Crippen LogP contribution in [-0.4, -0.2) is 43.4 Å². The van der Waals surface area contributed by atoms with E-state index in [1.54, 1.807) is 12.1 Å². The van der Waals surface area contributed by atoms with E-state index in [4.69, 9.17) is 8.58 Å². The SMILES string of the molecule is Cc1ccc2cccc(O)c2n1.Cc1ccc2cccc(O)c2n1.[Cl][In]. The van der Waals surface area contributed by atoms with Gasteiger partial charge in [0.25, 0.3) is 0 Å². The Labute approximate surface area is 170 Å². The van der Waals surface area contributed by atoms with Crippen LogP contribution in [0.3, 0.4) is 0 Å². The third kappa shape index (κ3) is 5.02. The molecule has 2 heterocycles. The first-order valence-electron chi connectivity index (χ1n) is 7.87. The molecule has 2 aromatic heterocycles. The average molecular weight is 469 g/mol. The summed E-state index contributed by atoms with van der Waals surface area (Å²) < 4.78 is 0. The van der Waals surface area contributed by atoms with E-state index in [9.17, 15) is 10.2 Å². The van der Waals surface area contributed by atoms with E-state index in [-0.39, 0.29) is 11.5 Å². The summed E-state index contributed by atoms with van der Waals surface area (Å²) in [4.78, 5) is 8.45. The zero-order valence-corrected chi connectivity index (χ0v) is 18.6. The van der Waals surface area contributed by atoms with Crippen LogP contribution in [0.1, 0.15) is 11.4 Å². The number of para-hydroxylation sites is 2. The summed E-state index contributed by atoms with van der Waals surface area (Å²) in [5, 5.41) is 20.8. The zero-order chi connectivity index (χ0) is 19.1. The molecule has 0 bridgehead atoms. The molecule has 0 aliphatic rings.